The van der Waals surface area contributed by atoms with Crippen LogP contribution >= 0.6 is 11.8 Å². The predicted octanol–water partition coefficient (Wildman–Crippen LogP) is 2.52. The number of rotatable bonds is 5. The van der Waals surface area contributed by atoms with Crippen molar-refractivity contribution in [1.82, 2.24) is 5.32 Å². The molecular weight excluding hydrogens is 220 g/mol. The quantitative estimate of drug-likeness (QED) is 0.807. The summed E-state index contributed by atoms with van der Waals surface area (Å²) in [5.41, 5.74) is 0. The molecule has 1 aliphatic rings. The molecule has 94 valence electrons. The summed E-state index contributed by atoms with van der Waals surface area (Å²) in [7, 11) is 0. The SMILES string of the molecule is CCOCC(NC1=NC(C)CCS1)C(C)C. The van der Waals surface area contributed by atoms with Crippen molar-refractivity contribution in [2.45, 2.75) is 46.2 Å². The van der Waals surface area contributed by atoms with Gasteiger partial charge >= 0.3 is 0 Å². The van der Waals surface area contributed by atoms with E-state index in [1.807, 2.05) is 18.7 Å². The molecule has 2 unspecified atom stereocenters. The molecule has 16 heavy (non-hydrogen) atoms. The van der Waals surface area contributed by atoms with E-state index in [0.717, 1.165) is 18.4 Å². The van der Waals surface area contributed by atoms with Gasteiger partial charge in [-0.2, -0.15) is 0 Å². The van der Waals surface area contributed by atoms with Crippen molar-refractivity contribution >= 4 is 16.9 Å². The van der Waals surface area contributed by atoms with Gasteiger partial charge in [-0.25, -0.2) is 0 Å². The maximum Gasteiger partial charge on any atom is 0.157 e. The first-order chi connectivity index (χ1) is 7.63. The molecule has 0 bridgehead atoms. The van der Waals surface area contributed by atoms with Gasteiger partial charge in [-0.1, -0.05) is 25.6 Å². The first-order valence-electron chi connectivity index (χ1n) is 6.18. The molecule has 2 atom stereocenters. The molecule has 0 amide bonds. The minimum absolute atomic E-state index is 0.372. The molecule has 4 heteroatoms. The molecule has 0 aliphatic carbocycles. The van der Waals surface area contributed by atoms with Crippen molar-refractivity contribution in [2.75, 3.05) is 19.0 Å². The van der Waals surface area contributed by atoms with E-state index >= 15 is 0 Å². The lowest BCUT2D eigenvalue weighted by atomic mass is 10.1. The second-order valence-electron chi connectivity index (χ2n) is 4.57. The van der Waals surface area contributed by atoms with Gasteiger partial charge in [0.2, 0.25) is 0 Å². The summed E-state index contributed by atoms with van der Waals surface area (Å²) in [5.74, 6) is 1.74. The van der Waals surface area contributed by atoms with Gasteiger partial charge in [0.05, 0.1) is 18.7 Å². The van der Waals surface area contributed by atoms with Crippen LogP contribution in [0.15, 0.2) is 4.99 Å². The molecule has 0 saturated heterocycles. The molecule has 1 rings (SSSR count). The fourth-order valence-corrected chi connectivity index (χ4v) is 2.65. The third-order valence-corrected chi connectivity index (χ3v) is 3.66. The number of hydrogen-bond acceptors (Lipinski definition) is 4. The van der Waals surface area contributed by atoms with Gasteiger partial charge < -0.3 is 10.1 Å². The summed E-state index contributed by atoms with van der Waals surface area (Å²) < 4.78 is 5.50. The van der Waals surface area contributed by atoms with Crippen molar-refractivity contribution in [3.63, 3.8) is 0 Å². The Labute approximate surface area is 103 Å². The molecule has 1 N–H and O–H groups in total. The molecule has 3 nitrogen and oxygen atoms in total. The van der Waals surface area contributed by atoms with Crippen LogP contribution in [0.25, 0.3) is 0 Å². The monoisotopic (exact) mass is 244 g/mol. The highest BCUT2D eigenvalue weighted by Gasteiger charge is 2.18. The number of hydrogen-bond donors (Lipinski definition) is 1. The van der Waals surface area contributed by atoms with Crippen LogP contribution in [-0.4, -0.2) is 36.2 Å². The number of aliphatic imine (C=N–C) groups is 1. The van der Waals surface area contributed by atoms with E-state index in [-0.39, 0.29) is 0 Å². The van der Waals surface area contributed by atoms with Gasteiger partial charge in [0.15, 0.2) is 5.17 Å². The second kappa shape index (κ2) is 7.17. The number of ether oxygens (including phenoxy) is 1. The highest BCUT2D eigenvalue weighted by molar-refractivity contribution is 8.13. The van der Waals surface area contributed by atoms with Gasteiger partial charge in [0, 0.05) is 12.4 Å². The zero-order valence-electron chi connectivity index (χ0n) is 10.8. The Morgan fingerprint density at radius 1 is 1.56 bits per heavy atom. The van der Waals surface area contributed by atoms with Crippen molar-refractivity contribution in [3.8, 4) is 0 Å². The smallest absolute Gasteiger partial charge is 0.157 e. The lowest BCUT2D eigenvalue weighted by molar-refractivity contribution is 0.115. The zero-order valence-corrected chi connectivity index (χ0v) is 11.6. The second-order valence-corrected chi connectivity index (χ2v) is 5.66. The van der Waals surface area contributed by atoms with Crippen LogP contribution in [0.3, 0.4) is 0 Å². The summed E-state index contributed by atoms with van der Waals surface area (Å²) in [6, 6.07) is 0.833. The van der Waals surface area contributed by atoms with Crippen LogP contribution in [0.5, 0.6) is 0 Å². The van der Waals surface area contributed by atoms with Crippen LogP contribution in [0.1, 0.15) is 34.1 Å². The van der Waals surface area contributed by atoms with Crippen molar-refractivity contribution in [2.24, 2.45) is 10.9 Å². The average molecular weight is 244 g/mol. The van der Waals surface area contributed by atoms with Crippen LogP contribution in [0, 0.1) is 5.92 Å². The summed E-state index contributed by atoms with van der Waals surface area (Å²) in [4.78, 5) is 4.63. The maximum atomic E-state index is 5.50. The largest absolute Gasteiger partial charge is 0.380 e. The Kier molecular flexibility index (Phi) is 6.21. The van der Waals surface area contributed by atoms with Crippen molar-refractivity contribution < 1.29 is 4.74 Å². The summed E-state index contributed by atoms with van der Waals surface area (Å²) in [5, 5.41) is 4.60. The first kappa shape index (κ1) is 13.8. The third kappa shape index (κ3) is 4.74. The average Bonchev–Trinajstić information content (AvgIpc) is 2.24. The topological polar surface area (TPSA) is 33.6 Å². The molecule has 1 aliphatic heterocycles. The van der Waals surface area contributed by atoms with Gasteiger partial charge in [-0.05, 0) is 26.2 Å². The van der Waals surface area contributed by atoms with Gasteiger partial charge in [0.25, 0.3) is 0 Å². The zero-order chi connectivity index (χ0) is 12.0. The van der Waals surface area contributed by atoms with E-state index in [4.69, 9.17) is 4.74 Å². The lowest BCUT2D eigenvalue weighted by Crippen LogP contribution is -2.42. The summed E-state index contributed by atoms with van der Waals surface area (Å²) in [6.45, 7) is 10.2. The summed E-state index contributed by atoms with van der Waals surface area (Å²) in [6.07, 6.45) is 1.19. The van der Waals surface area contributed by atoms with Crippen LogP contribution in [0.2, 0.25) is 0 Å². The third-order valence-electron chi connectivity index (χ3n) is 2.73. The molecule has 0 spiro atoms. The highest BCUT2D eigenvalue weighted by atomic mass is 32.2. The fourth-order valence-electron chi connectivity index (χ4n) is 1.51. The Morgan fingerprint density at radius 3 is 2.88 bits per heavy atom. The first-order valence-corrected chi connectivity index (χ1v) is 7.17. The van der Waals surface area contributed by atoms with E-state index in [1.165, 1.54) is 12.2 Å². The van der Waals surface area contributed by atoms with E-state index < -0.39 is 0 Å². The van der Waals surface area contributed by atoms with E-state index in [1.54, 1.807) is 0 Å². The van der Waals surface area contributed by atoms with E-state index in [9.17, 15) is 0 Å². The number of nitrogens with one attached hydrogen (secondary N) is 1. The van der Waals surface area contributed by atoms with Crippen molar-refractivity contribution in [1.29, 1.82) is 0 Å². The van der Waals surface area contributed by atoms with Gasteiger partial charge in [-0.15, -0.1) is 0 Å². The maximum absolute atomic E-state index is 5.50. The molecule has 1 heterocycles. The van der Waals surface area contributed by atoms with Gasteiger partial charge in [0.1, 0.15) is 0 Å². The lowest BCUT2D eigenvalue weighted by Gasteiger charge is -2.26. The van der Waals surface area contributed by atoms with Crippen LogP contribution < -0.4 is 5.32 Å². The number of thioether (sulfide) groups is 1. The predicted molar refractivity (Wildman–Crippen MR) is 72.2 cm³/mol. The van der Waals surface area contributed by atoms with Crippen molar-refractivity contribution in [3.05, 3.63) is 0 Å². The van der Waals surface area contributed by atoms with Crippen LogP contribution in [0.4, 0.5) is 0 Å². The van der Waals surface area contributed by atoms with Crippen LogP contribution in [-0.2, 0) is 4.74 Å². The number of nitrogens with zero attached hydrogens (tertiary/aromatic N) is 1. The molecule has 0 saturated carbocycles. The molecule has 0 fully saturated rings. The molecule has 0 aromatic heterocycles. The fraction of sp³-hybridized carbons (Fsp3) is 0.917. The Hall–Kier alpha value is -0.220. The standard InChI is InChI=1S/C12H24N2OS/c1-5-15-8-11(9(2)3)14-12-13-10(4)6-7-16-12/h9-11H,5-8H2,1-4H3,(H,13,14). The minimum atomic E-state index is 0.372. The molecule has 0 aromatic carbocycles. The summed E-state index contributed by atoms with van der Waals surface area (Å²) >= 11 is 1.83. The Morgan fingerprint density at radius 2 is 2.31 bits per heavy atom. The van der Waals surface area contributed by atoms with E-state index in [0.29, 0.717) is 18.0 Å². The minimum Gasteiger partial charge on any atom is -0.380 e. The molecular formula is C12H24N2OS. The highest BCUT2D eigenvalue weighted by Crippen LogP contribution is 2.17. The Balaban J connectivity index is 2.47. The van der Waals surface area contributed by atoms with E-state index in [2.05, 4.69) is 31.1 Å². The molecule has 0 radical (unpaired) electrons. The normalized spacial score (nSPS) is 23.1. The Bertz CT molecular complexity index is 231. The van der Waals surface area contributed by atoms with Gasteiger partial charge in [-0.3, -0.25) is 4.99 Å². The molecule has 0 aromatic rings. The number of amidine groups is 1.